The van der Waals surface area contributed by atoms with Gasteiger partial charge in [-0.3, -0.25) is 0 Å². The Balaban J connectivity index is 2.98. The fourth-order valence-corrected chi connectivity index (χ4v) is 0.381. The van der Waals surface area contributed by atoms with Crippen molar-refractivity contribution in [2.75, 3.05) is 13.6 Å². The summed E-state index contributed by atoms with van der Waals surface area (Å²) >= 11 is 0. The molecule has 0 radical (unpaired) electrons. The molecule has 1 atom stereocenters. The van der Waals surface area contributed by atoms with Gasteiger partial charge in [-0.1, -0.05) is 6.92 Å². The topological polar surface area (TPSA) is 35.9 Å². The van der Waals surface area contributed by atoms with Crippen LogP contribution in [0.4, 0.5) is 0 Å². The molecule has 0 aliphatic rings. The van der Waals surface area contributed by atoms with Gasteiger partial charge in [-0.05, 0) is 13.3 Å². The van der Waals surface area contributed by atoms with Gasteiger partial charge >= 0.3 is 0 Å². The Labute approximate surface area is 44.4 Å². The molecule has 0 fully saturated rings. The Morgan fingerprint density at radius 1 is 1.86 bits per heavy atom. The standard InChI is InChI=1S/C5H12N2/c1-5(3-6)4-7-2/h3,5-7H,4H2,1-2H3. The lowest BCUT2D eigenvalue weighted by Crippen LogP contribution is -2.16. The maximum absolute atomic E-state index is 6.75. The normalized spacial score (nSPS) is 13.4. The highest BCUT2D eigenvalue weighted by Crippen LogP contribution is 1.81. The Hall–Kier alpha value is -0.370. The summed E-state index contributed by atoms with van der Waals surface area (Å²) in [4.78, 5) is 0. The van der Waals surface area contributed by atoms with Gasteiger partial charge in [0.2, 0.25) is 0 Å². The van der Waals surface area contributed by atoms with E-state index in [1.54, 1.807) is 0 Å². The summed E-state index contributed by atoms with van der Waals surface area (Å²) < 4.78 is 0. The van der Waals surface area contributed by atoms with E-state index in [4.69, 9.17) is 5.41 Å². The van der Waals surface area contributed by atoms with Gasteiger partial charge < -0.3 is 10.7 Å². The van der Waals surface area contributed by atoms with Crippen LogP contribution < -0.4 is 5.32 Å². The van der Waals surface area contributed by atoms with E-state index in [2.05, 4.69) is 5.32 Å². The van der Waals surface area contributed by atoms with Gasteiger partial charge in [-0.15, -0.1) is 0 Å². The molecule has 0 aliphatic carbocycles. The maximum Gasteiger partial charge on any atom is 0.00318 e. The molecule has 7 heavy (non-hydrogen) atoms. The minimum atomic E-state index is 0.380. The van der Waals surface area contributed by atoms with E-state index in [9.17, 15) is 0 Å². The fraction of sp³-hybridized carbons (Fsp3) is 0.800. The maximum atomic E-state index is 6.75. The minimum Gasteiger partial charge on any atom is -0.319 e. The zero-order valence-electron chi connectivity index (χ0n) is 4.86. The average molecular weight is 100 g/mol. The van der Waals surface area contributed by atoms with Crippen LogP contribution in [0.5, 0.6) is 0 Å². The molecule has 2 nitrogen and oxygen atoms in total. The van der Waals surface area contributed by atoms with Crippen molar-refractivity contribution < 1.29 is 0 Å². The van der Waals surface area contributed by atoms with E-state index >= 15 is 0 Å². The Kier molecular flexibility index (Phi) is 3.61. The van der Waals surface area contributed by atoms with Crippen molar-refractivity contribution in [2.24, 2.45) is 5.92 Å². The summed E-state index contributed by atoms with van der Waals surface area (Å²) in [7, 11) is 1.89. The van der Waals surface area contributed by atoms with Gasteiger partial charge in [-0.25, -0.2) is 0 Å². The molecule has 0 aromatic heterocycles. The summed E-state index contributed by atoms with van der Waals surface area (Å²) in [5, 5.41) is 9.71. The van der Waals surface area contributed by atoms with Gasteiger partial charge in [0.15, 0.2) is 0 Å². The highest BCUT2D eigenvalue weighted by atomic mass is 14.8. The van der Waals surface area contributed by atoms with Crippen LogP contribution in [0, 0.1) is 11.3 Å². The van der Waals surface area contributed by atoms with Gasteiger partial charge in [0.05, 0.1) is 0 Å². The molecule has 42 valence electrons. The predicted molar refractivity (Wildman–Crippen MR) is 31.9 cm³/mol. The van der Waals surface area contributed by atoms with E-state index in [1.807, 2.05) is 14.0 Å². The Morgan fingerprint density at radius 3 is 2.57 bits per heavy atom. The van der Waals surface area contributed by atoms with Crippen molar-refractivity contribution in [3.63, 3.8) is 0 Å². The number of nitrogens with one attached hydrogen (secondary N) is 2. The molecule has 0 amide bonds. The smallest absolute Gasteiger partial charge is 0.00318 e. The SMILES string of the molecule is CNCC(C)C=N. The highest BCUT2D eigenvalue weighted by Gasteiger charge is 1.89. The molecule has 2 heteroatoms. The van der Waals surface area contributed by atoms with Gasteiger partial charge in [0.1, 0.15) is 0 Å². The summed E-state index contributed by atoms with van der Waals surface area (Å²) in [5.74, 6) is 0.380. The number of hydrogen-bond acceptors (Lipinski definition) is 2. The van der Waals surface area contributed by atoms with Crippen LogP contribution in [0.2, 0.25) is 0 Å². The summed E-state index contributed by atoms with van der Waals surface area (Å²) in [6, 6.07) is 0. The van der Waals surface area contributed by atoms with Crippen LogP contribution >= 0.6 is 0 Å². The van der Waals surface area contributed by atoms with Crippen LogP contribution in [0.3, 0.4) is 0 Å². The van der Waals surface area contributed by atoms with E-state index < -0.39 is 0 Å². The summed E-state index contributed by atoms with van der Waals surface area (Å²) in [6.45, 7) is 2.91. The van der Waals surface area contributed by atoms with Crippen molar-refractivity contribution in [1.29, 1.82) is 5.41 Å². The van der Waals surface area contributed by atoms with Crippen LogP contribution in [0.15, 0.2) is 0 Å². The molecule has 0 saturated heterocycles. The second-order valence-corrected chi connectivity index (χ2v) is 1.70. The van der Waals surface area contributed by atoms with E-state index in [0.29, 0.717) is 5.92 Å². The highest BCUT2D eigenvalue weighted by molar-refractivity contribution is 5.56. The molecule has 0 bridgehead atoms. The third-order valence-corrected chi connectivity index (χ3v) is 0.811. The second kappa shape index (κ2) is 3.81. The van der Waals surface area contributed by atoms with Crippen LogP contribution in [-0.4, -0.2) is 19.8 Å². The molecule has 1 unspecified atom stereocenters. The van der Waals surface area contributed by atoms with Crippen LogP contribution in [0.1, 0.15) is 6.92 Å². The zero-order valence-corrected chi connectivity index (χ0v) is 4.86. The molecule has 0 aromatic rings. The first-order valence-corrected chi connectivity index (χ1v) is 2.46. The van der Waals surface area contributed by atoms with Gasteiger partial charge in [0.25, 0.3) is 0 Å². The lowest BCUT2D eigenvalue weighted by Gasteiger charge is -1.99. The lowest BCUT2D eigenvalue weighted by molar-refractivity contribution is 0.688. The molecular weight excluding hydrogens is 88.1 g/mol. The third-order valence-electron chi connectivity index (χ3n) is 0.811. The Bertz CT molecular complexity index is 52.0. The summed E-state index contributed by atoms with van der Waals surface area (Å²) in [6.07, 6.45) is 1.44. The lowest BCUT2D eigenvalue weighted by atomic mass is 10.2. The van der Waals surface area contributed by atoms with E-state index in [1.165, 1.54) is 6.21 Å². The summed E-state index contributed by atoms with van der Waals surface area (Å²) in [5.41, 5.74) is 0. The van der Waals surface area contributed by atoms with Crippen LogP contribution in [-0.2, 0) is 0 Å². The number of hydrogen-bond donors (Lipinski definition) is 2. The largest absolute Gasteiger partial charge is 0.319 e. The van der Waals surface area contributed by atoms with Crippen molar-refractivity contribution in [3.8, 4) is 0 Å². The first-order chi connectivity index (χ1) is 3.31. The van der Waals surface area contributed by atoms with E-state index in [-0.39, 0.29) is 0 Å². The van der Waals surface area contributed by atoms with Crippen molar-refractivity contribution >= 4 is 6.21 Å². The molecule has 0 heterocycles. The van der Waals surface area contributed by atoms with Crippen molar-refractivity contribution in [1.82, 2.24) is 5.32 Å². The monoisotopic (exact) mass is 100 g/mol. The molecular formula is C5H12N2. The average Bonchev–Trinajstić information content (AvgIpc) is 1.68. The zero-order chi connectivity index (χ0) is 5.70. The number of rotatable bonds is 3. The quantitative estimate of drug-likeness (QED) is 0.497. The van der Waals surface area contributed by atoms with Gasteiger partial charge in [-0.2, -0.15) is 0 Å². The first-order valence-electron chi connectivity index (χ1n) is 2.46. The van der Waals surface area contributed by atoms with Crippen molar-refractivity contribution in [2.45, 2.75) is 6.92 Å². The van der Waals surface area contributed by atoms with Crippen molar-refractivity contribution in [3.05, 3.63) is 0 Å². The molecule has 0 saturated carbocycles. The van der Waals surface area contributed by atoms with Crippen LogP contribution in [0.25, 0.3) is 0 Å². The molecule has 0 aliphatic heterocycles. The fourth-order valence-electron chi connectivity index (χ4n) is 0.381. The van der Waals surface area contributed by atoms with Gasteiger partial charge in [0, 0.05) is 12.5 Å². The third kappa shape index (κ3) is 3.46. The van der Waals surface area contributed by atoms with E-state index in [0.717, 1.165) is 6.54 Å². The first kappa shape index (κ1) is 6.63. The predicted octanol–water partition coefficient (Wildman–Crippen LogP) is 0.491. The molecule has 2 N–H and O–H groups in total. The molecule has 0 spiro atoms. The molecule has 0 rings (SSSR count). The minimum absolute atomic E-state index is 0.380. The Morgan fingerprint density at radius 2 is 2.43 bits per heavy atom. The second-order valence-electron chi connectivity index (χ2n) is 1.70. The molecule has 0 aromatic carbocycles.